The summed E-state index contributed by atoms with van der Waals surface area (Å²) in [6.07, 6.45) is 1.26. The van der Waals surface area contributed by atoms with Crippen LogP contribution in [0, 0.1) is 11.7 Å². The first-order valence-corrected chi connectivity index (χ1v) is 6.60. The zero-order valence-corrected chi connectivity index (χ0v) is 12.3. The number of nitrogens with zero attached hydrogens (tertiary/aromatic N) is 2. The number of nitrogens with one attached hydrogen (secondary N) is 1. The number of aromatic nitrogens is 1. The van der Waals surface area contributed by atoms with Crippen molar-refractivity contribution >= 4 is 5.82 Å². The van der Waals surface area contributed by atoms with E-state index >= 15 is 0 Å². The molecular weight excluding hydrogens is 241 g/mol. The topological polar surface area (TPSA) is 28.2 Å². The number of hydrogen-bond acceptors (Lipinski definition) is 3. The van der Waals surface area contributed by atoms with Crippen LogP contribution in [-0.4, -0.2) is 25.1 Å². The zero-order chi connectivity index (χ0) is 14.4. The first-order valence-electron chi connectivity index (χ1n) is 6.60. The van der Waals surface area contributed by atoms with Crippen molar-refractivity contribution < 1.29 is 4.39 Å². The highest BCUT2D eigenvalue weighted by atomic mass is 19.1. The maximum Gasteiger partial charge on any atom is 0.141 e. The second-order valence-corrected chi connectivity index (χ2v) is 5.47. The van der Waals surface area contributed by atoms with Gasteiger partial charge in [-0.15, -0.1) is 0 Å². The van der Waals surface area contributed by atoms with E-state index in [4.69, 9.17) is 0 Å². The first-order chi connectivity index (χ1) is 8.90. The molecule has 0 unspecified atom stereocenters. The standard InChI is InChI=1S/C15H24FN3/c1-11(2)7-17-8-13-6-14(16)9-18-15(13)19(5)10-12(3)4/h6,9,11,17H,3,7-8,10H2,1-2,4-5H3. The molecule has 106 valence electrons. The van der Waals surface area contributed by atoms with E-state index in [1.165, 1.54) is 6.20 Å². The lowest BCUT2D eigenvalue weighted by Crippen LogP contribution is -2.25. The molecule has 1 heterocycles. The molecule has 0 amide bonds. The minimum atomic E-state index is -0.297. The van der Waals surface area contributed by atoms with Gasteiger partial charge in [0.05, 0.1) is 6.20 Å². The third-order valence-electron chi connectivity index (χ3n) is 2.65. The molecule has 1 rings (SSSR count). The molecule has 0 radical (unpaired) electrons. The number of likely N-dealkylation sites (N-methyl/N-ethyl adjacent to an activating group) is 1. The van der Waals surface area contributed by atoms with Gasteiger partial charge >= 0.3 is 0 Å². The van der Waals surface area contributed by atoms with Crippen LogP contribution in [0.4, 0.5) is 10.2 Å². The van der Waals surface area contributed by atoms with Gasteiger partial charge in [0.15, 0.2) is 0 Å². The second kappa shape index (κ2) is 7.24. The van der Waals surface area contributed by atoms with Gasteiger partial charge in [0.2, 0.25) is 0 Å². The van der Waals surface area contributed by atoms with Crippen molar-refractivity contribution in [1.29, 1.82) is 0 Å². The summed E-state index contributed by atoms with van der Waals surface area (Å²) in [5.74, 6) is 1.08. The van der Waals surface area contributed by atoms with Gasteiger partial charge in [-0.05, 0) is 25.5 Å². The van der Waals surface area contributed by atoms with Crippen molar-refractivity contribution in [3.05, 3.63) is 35.8 Å². The lowest BCUT2D eigenvalue weighted by molar-refractivity contribution is 0.548. The number of rotatable bonds is 7. The summed E-state index contributed by atoms with van der Waals surface area (Å²) in [4.78, 5) is 6.19. The van der Waals surface area contributed by atoms with Crippen molar-refractivity contribution in [2.45, 2.75) is 27.3 Å². The van der Waals surface area contributed by atoms with E-state index in [0.717, 1.165) is 30.0 Å². The van der Waals surface area contributed by atoms with E-state index in [9.17, 15) is 4.39 Å². The lowest BCUT2D eigenvalue weighted by atomic mass is 10.2. The van der Waals surface area contributed by atoms with E-state index in [1.54, 1.807) is 6.07 Å². The van der Waals surface area contributed by atoms with E-state index in [-0.39, 0.29) is 5.82 Å². The first kappa shape index (κ1) is 15.6. The largest absolute Gasteiger partial charge is 0.355 e. The maximum atomic E-state index is 13.3. The smallest absolute Gasteiger partial charge is 0.141 e. The highest BCUT2D eigenvalue weighted by Crippen LogP contribution is 2.18. The molecule has 1 aromatic rings. The van der Waals surface area contributed by atoms with Gasteiger partial charge in [0, 0.05) is 25.7 Å². The molecular formula is C15H24FN3. The van der Waals surface area contributed by atoms with Gasteiger partial charge in [-0.25, -0.2) is 9.37 Å². The molecule has 0 saturated carbocycles. The Kier molecular flexibility index (Phi) is 5.96. The van der Waals surface area contributed by atoms with Crippen LogP contribution in [0.25, 0.3) is 0 Å². The highest BCUT2D eigenvalue weighted by Gasteiger charge is 2.10. The quantitative estimate of drug-likeness (QED) is 0.768. The molecule has 0 aliphatic carbocycles. The molecule has 0 aliphatic rings. The average Bonchev–Trinajstić information content (AvgIpc) is 2.27. The van der Waals surface area contributed by atoms with E-state index in [1.807, 2.05) is 18.9 Å². The van der Waals surface area contributed by atoms with Crippen molar-refractivity contribution in [3.63, 3.8) is 0 Å². The Hall–Kier alpha value is -1.42. The Balaban J connectivity index is 2.81. The number of halogens is 1. The zero-order valence-electron chi connectivity index (χ0n) is 12.3. The van der Waals surface area contributed by atoms with E-state index < -0.39 is 0 Å². The maximum absolute atomic E-state index is 13.3. The van der Waals surface area contributed by atoms with Gasteiger partial charge < -0.3 is 10.2 Å². The van der Waals surface area contributed by atoms with Crippen molar-refractivity contribution in [2.24, 2.45) is 5.92 Å². The predicted molar refractivity (Wildman–Crippen MR) is 78.8 cm³/mol. The molecule has 1 N–H and O–H groups in total. The van der Waals surface area contributed by atoms with Crippen molar-refractivity contribution in [1.82, 2.24) is 10.3 Å². The molecule has 4 heteroatoms. The minimum Gasteiger partial charge on any atom is -0.355 e. The van der Waals surface area contributed by atoms with Crippen LogP contribution in [0.5, 0.6) is 0 Å². The Labute approximate surface area is 115 Å². The summed E-state index contributed by atoms with van der Waals surface area (Å²) < 4.78 is 13.3. The molecule has 0 atom stereocenters. The molecule has 0 spiro atoms. The predicted octanol–water partition coefficient (Wildman–Crippen LogP) is 2.98. The Morgan fingerprint density at radius 2 is 2.21 bits per heavy atom. The highest BCUT2D eigenvalue weighted by molar-refractivity contribution is 5.47. The van der Waals surface area contributed by atoms with Gasteiger partial charge in [0.25, 0.3) is 0 Å². The number of hydrogen-bond donors (Lipinski definition) is 1. The molecule has 0 fully saturated rings. The third-order valence-corrected chi connectivity index (χ3v) is 2.65. The number of anilines is 1. The monoisotopic (exact) mass is 265 g/mol. The second-order valence-electron chi connectivity index (χ2n) is 5.47. The van der Waals surface area contributed by atoms with Crippen LogP contribution in [0.15, 0.2) is 24.4 Å². The Bertz CT molecular complexity index is 429. The van der Waals surface area contributed by atoms with Crippen LogP contribution < -0.4 is 10.2 Å². The van der Waals surface area contributed by atoms with Gasteiger partial charge in [-0.1, -0.05) is 26.0 Å². The van der Waals surface area contributed by atoms with Gasteiger partial charge in [0.1, 0.15) is 11.6 Å². The third kappa shape index (κ3) is 5.39. The molecule has 0 aromatic carbocycles. The van der Waals surface area contributed by atoms with Crippen LogP contribution in [0.3, 0.4) is 0 Å². The van der Waals surface area contributed by atoms with Crippen LogP contribution in [0.1, 0.15) is 26.3 Å². The SMILES string of the molecule is C=C(C)CN(C)c1ncc(F)cc1CNCC(C)C. The Morgan fingerprint density at radius 1 is 1.53 bits per heavy atom. The molecule has 0 saturated heterocycles. The average molecular weight is 265 g/mol. The molecule has 0 aliphatic heterocycles. The van der Waals surface area contributed by atoms with Gasteiger partial charge in [-0.2, -0.15) is 0 Å². The molecule has 3 nitrogen and oxygen atoms in total. The van der Waals surface area contributed by atoms with Gasteiger partial charge in [-0.3, -0.25) is 0 Å². The summed E-state index contributed by atoms with van der Waals surface area (Å²) in [5, 5.41) is 3.32. The molecule has 0 bridgehead atoms. The lowest BCUT2D eigenvalue weighted by Gasteiger charge is -2.21. The summed E-state index contributed by atoms with van der Waals surface area (Å²) in [5.41, 5.74) is 1.93. The van der Waals surface area contributed by atoms with Crippen LogP contribution in [0.2, 0.25) is 0 Å². The normalized spacial score (nSPS) is 10.8. The van der Waals surface area contributed by atoms with Crippen LogP contribution >= 0.6 is 0 Å². The van der Waals surface area contributed by atoms with E-state index in [2.05, 4.69) is 30.7 Å². The van der Waals surface area contributed by atoms with Crippen molar-refractivity contribution in [3.8, 4) is 0 Å². The molecule has 19 heavy (non-hydrogen) atoms. The van der Waals surface area contributed by atoms with Crippen molar-refractivity contribution in [2.75, 3.05) is 25.0 Å². The fraction of sp³-hybridized carbons (Fsp3) is 0.533. The fourth-order valence-corrected chi connectivity index (χ4v) is 1.92. The summed E-state index contributed by atoms with van der Waals surface area (Å²) >= 11 is 0. The minimum absolute atomic E-state index is 0.297. The fourth-order valence-electron chi connectivity index (χ4n) is 1.92. The summed E-state index contributed by atoms with van der Waals surface area (Å²) in [6.45, 7) is 12.4. The van der Waals surface area contributed by atoms with Crippen LogP contribution in [-0.2, 0) is 6.54 Å². The Morgan fingerprint density at radius 3 is 2.79 bits per heavy atom. The number of pyridine rings is 1. The van der Waals surface area contributed by atoms with E-state index in [0.29, 0.717) is 12.5 Å². The summed E-state index contributed by atoms with van der Waals surface area (Å²) in [6, 6.07) is 1.55. The summed E-state index contributed by atoms with van der Waals surface area (Å²) in [7, 11) is 1.95. The molecule has 1 aromatic heterocycles.